The first kappa shape index (κ1) is 32.9. The molecule has 2 aromatic heterocycles. The van der Waals surface area contributed by atoms with Gasteiger partial charge in [-0.25, -0.2) is 8.42 Å². The minimum atomic E-state index is -3.55. The van der Waals surface area contributed by atoms with Gasteiger partial charge >= 0.3 is 0 Å². The van der Waals surface area contributed by atoms with E-state index in [0.29, 0.717) is 53.8 Å². The van der Waals surface area contributed by atoms with Crippen LogP contribution in [-0.4, -0.2) is 95.2 Å². The number of nitrogens with zero attached hydrogens (tertiary/aromatic N) is 6. The summed E-state index contributed by atoms with van der Waals surface area (Å²) in [6, 6.07) is 12.7. The quantitative estimate of drug-likeness (QED) is 0.214. The smallest absolute Gasteiger partial charge is 0.233 e. The van der Waals surface area contributed by atoms with Crippen LogP contribution in [0.2, 0.25) is 0 Å². The average Bonchev–Trinajstić information content (AvgIpc) is 3.74. The third-order valence-corrected chi connectivity index (χ3v) is 11.4. The Morgan fingerprint density at radius 1 is 0.957 bits per heavy atom. The SMILES string of the molecule is COc1cc(C2CCN(CC(=O)CN3CCCC3)CC2)c(C)cc1Nc1nc(Nc2ccccc2S(=O)(=O)C(C)C)n2nccc2n1. The summed E-state index contributed by atoms with van der Waals surface area (Å²) >= 11 is 0. The molecule has 2 aromatic carbocycles. The van der Waals surface area contributed by atoms with Crippen molar-refractivity contribution in [1.82, 2.24) is 29.4 Å². The molecule has 12 nitrogen and oxygen atoms in total. The summed E-state index contributed by atoms with van der Waals surface area (Å²) < 4.78 is 33.5. The van der Waals surface area contributed by atoms with E-state index in [2.05, 4.69) is 49.6 Å². The molecule has 2 aliphatic rings. The number of fused-ring (bicyclic) bond motifs is 1. The first-order chi connectivity index (χ1) is 22.6. The lowest BCUT2D eigenvalue weighted by Crippen LogP contribution is -2.40. The number of likely N-dealkylation sites (tertiary alicyclic amines) is 2. The Bertz CT molecular complexity index is 1840. The van der Waals surface area contributed by atoms with Gasteiger partial charge in [0.2, 0.25) is 11.9 Å². The second-order valence-corrected chi connectivity index (χ2v) is 15.3. The number of aromatic nitrogens is 4. The minimum absolute atomic E-state index is 0.191. The maximum Gasteiger partial charge on any atom is 0.233 e. The van der Waals surface area contributed by atoms with Crippen molar-refractivity contribution < 1.29 is 17.9 Å². The van der Waals surface area contributed by atoms with Crippen molar-refractivity contribution in [3.63, 3.8) is 0 Å². The van der Waals surface area contributed by atoms with E-state index in [1.165, 1.54) is 22.9 Å². The normalized spacial score (nSPS) is 16.6. The maximum absolute atomic E-state index is 13.1. The summed E-state index contributed by atoms with van der Waals surface area (Å²) in [5.41, 5.74) is 4.03. The van der Waals surface area contributed by atoms with Crippen LogP contribution in [0.3, 0.4) is 0 Å². The molecule has 0 bridgehead atoms. The summed E-state index contributed by atoms with van der Waals surface area (Å²) in [6.45, 7) is 10.4. The van der Waals surface area contributed by atoms with Crippen molar-refractivity contribution in [2.75, 3.05) is 57.0 Å². The van der Waals surface area contributed by atoms with Gasteiger partial charge in [0.25, 0.3) is 0 Å². The highest BCUT2D eigenvalue weighted by molar-refractivity contribution is 7.92. The number of methoxy groups -OCH3 is 1. The number of nitrogens with one attached hydrogen (secondary N) is 2. The van der Waals surface area contributed by atoms with Crippen molar-refractivity contribution in [1.29, 1.82) is 0 Å². The van der Waals surface area contributed by atoms with E-state index in [9.17, 15) is 13.2 Å². The zero-order chi connectivity index (χ0) is 33.1. The lowest BCUT2D eigenvalue weighted by atomic mass is 9.86. The van der Waals surface area contributed by atoms with Crippen molar-refractivity contribution in [3.05, 3.63) is 59.8 Å². The monoisotopic (exact) mass is 660 g/mol. The van der Waals surface area contributed by atoms with Gasteiger partial charge in [-0.2, -0.15) is 19.6 Å². The van der Waals surface area contributed by atoms with Gasteiger partial charge in [0, 0.05) is 6.07 Å². The molecule has 4 aromatic rings. The standard InChI is InChI=1S/C34H44N8O4S/c1-23(2)47(44,45)31-10-6-5-9-28(31)37-34-39-33(38-32-11-14-35-42(32)34)36-29-19-24(3)27(20-30(29)46-4)25-12-17-41(18-13-25)22-26(43)21-40-15-7-8-16-40/h5-6,9-11,14,19-20,23,25H,7-8,12-13,15-18,21-22H2,1-4H3,(H2,36,37,38,39). The molecule has 4 heterocycles. The van der Waals surface area contributed by atoms with Crippen LogP contribution >= 0.6 is 0 Å². The molecule has 6 rings (SSSR count). The van der Waals surface area contributed by atoms with Crippen molar-refractivity contribution in [3.8, 4) is 5.75 Å². The number of ketones is 1. The Kier molecular flexibility index (Phi) is 9.76. The lowest BCUT2D eigenvalue weighted by Gasteiger charge is -2.33. The van der Waals surface area contributed by atoms with Crippen molar-refractivity contribution in [2.24, 2.45) is 0 Å². The number of rotatable bonds is 12. The zero-order valence-corrected chi connectivity index (χ0v) is 28.4. The number of sulfone groups is 1. The molecule has 13 heteroatoms. The van der Waals surface area contributed by atoms with Crippen LogP contribution < -0.4 is 15.4 Å². The van der Waals surface area contributed by atoms with E-state index < -0.39 is 15.1 Å². The molecular weight excluding hydrogens is 616 g/mol. The molecule has 2 fully saturated rings. The number of anilines is 4. The first-order valence-corrected chi connectivity index (χ1v) is 17.9. The van der Waals surface area contributed by atoms with Gasteiger partial charge in [0.1, 0.15) is 5.75 Å². The molecule has 2 saturated heterocycles. The Balaban J connectivity index is 1.19. The van der Waals surface area contributed by atoms with Crippen LogP contribution in [0.5, 0.6) is 5.75 Å². The van der Waals surface area contributed by atoms with Crippen LogP contribution in [0.1, 0.15) is 56.6 Å². The van der Waals surface area contributed by atoms with Gasteiger partial charge in [-0.15, -0.1) is 0 Å². The van der Waals surface area contributed by atoms with E-state index >= 15 is 0 Å². The van der Waals surface area contributed by atoms with Gasteiger partial charge in [0.15, 0.2) is 21.3 Å². The molecule has 0 spiro atoms. The zero-order valence-electron chi connectivity index (χ0n) is 27.6. The molecule has 2 aliphatic heterocycles. The molecule has 250 valence electrons. The number of benzene rings is 2. The third kappa shape index (κ3) is 7.26. The number of para-hydroxylation sites is 1. The lowest BCUT2D eigenvalue weighted by molar-refractivity contribution is -0.121. The van der Waals surface area contributed by atoms with Crippen LogP contribution in [0.15, 0.2) is 53.6 Å². The minimum Gasteiger partial charge on any atom is -0.495 e. The third-order valence-electron chi connectivity index (χ3n) is 9.18. The van der Waals surface area contributed by atoms with Crippen LogP contribution in [0.4, 0.5) is 23.3 Å². The summed E-state index contributed by atoms with van der Waals surface area (Å²) in [5, 5.41) is 10.3. The van der Waals surface area contributed by atoms with E-state index in [4.69, 9.17) is 9.72 Å². The number of ether oxygens (including phenoxy) is 1. The second-order valence-electron chi connectivity index (χ2n) is 12.8. The predicted octanol–water partition coefficient (Wildman–Crippen LogP) is 4.95. The van der Waals surface area contributed by atoms with Crippen LogP contribution in [0.25, 0.3) is 5.65 Å². The molecule has 0 aliphatic carbocycles. The average molecular weight is 661 g/mol. The van der Waals surface area contributed by atoms with E-state index in [1.54, 1.807) is 57.5 Å². The summed E-state index contributed by atoms with van der Waals surface area (Å²) in [4.78, 5) is 26.7. The second kappa shape index (κ2) is 14.0. The van der Waals surface area contributed by atoms with Crippen molar-refractivity contribution in [2.45, 2.75) is 62.5 Å². The van der Waals surface area contributed by atoms with Gasteiger partial charge in [-0.05, 0) is 114 Å². The van der Waals surface area contributed by atoms with Crippen LogP contribution in [0, 0.1) is 6.92 Å². The molecular formula is C34H44N8O4S. The summed E-state index contributed by atoms with van der Waals surface area (Å²) in [7, 11) is -1.91. The highest BCUT2D eigenvalue weighted by Crippen LogP contribution is 2.37. The highest BCUT2D eigenvalue weighted by atomic mass is 32.2. The highest BCUT2D eigenvalue weighted by Gasteiger charge is 2.26. The molecule has 0 atom stereocenters. The number of carbonyl (C=O) groups is 1. The summed E-state index contributed by atoms with van der Waals surface area (Å²) in [6.07, 6.45) is 5.98. The molecule has 0 saturated carbocycles. The van der Waals surface area contributed by atoms with Gasteiger partial charge in [-0.3, -0.25) is 14.6 Å². The topological polar surface area (TPSA) is 134 Å². The van der Waals surface area contributed by atoms with E-state index in [0.717, 1.165) is 50.3 Å². The van der Waals surface area contributed by atoms with Crippen molar-refractivity contribution >= 4 is 44.5 Å². The number of aryl methyl sites for hydroxylation is 1. The number of hydrogen-bond donors (Lipinski definition) is 2. The fraction of sp³-hybridized carbons (Fsp3) is 0.471. The predicted molar refractivity (Wildman–Crippen MR) is 183 cm³/mol. The van der Waals surface area contributed by atoms with Gasteiger partial charge in [0.05, 0.1) is 47.9 Å². The number of Topliss-reactive ketones (excluding diaryl/α,β-unsaturated/α-hetero) is 1. The summed E-state index contributed by atoms with van der Waals surface area (Å²) in [5.74, 6) is 1.99. The molecule has 0 radical (unpaired) electrons. The van der Waals surface area contributed by atoms with Gasteiger partial charge < -0.3 is 15.4 Å². The van der Waals surface area contributed by atoms with E-state index in [1.807, 2.05) is 0 Å². The van der Waals surface area contributed by atoms with Gasteiger partial charge in [-0.1, -0.05) is 12.1 Å². The largest absolute Gasteiger partial charge is 0.495 e. The molecule has 47 heavy (non-hydrogen) atoms. The molecule has 0 unspecified atom stereocenters. The fourth-order valence-electron chi connectivity index (χ4n) is 6.58. The maximum atomic E-state index is 13.1. The van der Waals surface area contributed by atoms with Crippen LogP contribution in [-0.2, 0) is 14.6 Å². The number of hydrogen-bond acceptors (Lipinski definition) is 11. The Labute approximate surface area is 276 Å². The number of piperidine rings is 1. The fourth-order valence-corrected chi connectivity index (χ4v) is 7.78. The first-order valence-electron chi connectivity index (χ1n) is 16.4. The molecule has 2 N–H and O–H groups in total. The Hall–Kier alpha value is -4.07. The Morgan fingerprint density at radius 3 is 2.36 bits per heavy atom. The molecule has 0 amide bonds. The Morgan fingerprint density at radius 2 is 1.66 bits per heavy atom. The number of carbonyl (C=O) groups excluding carboxylic acids is 1. The van der Waals surface area contributed by atoms with E-state index in [-0.39, 0.29) is 4.90 Å².